The number of carbonyl (C=O) groups excluding carboxylic acids is 2. The molecule has 7 heteroatoms. The number of carbonyl (C=O) groups is 2. The average molecular weight is 563 g/mol. The zero-order chi connectivity index (χ0) is 28.8. The van der Waals surface area contributed by atoms with Crippen molar-refractivity contribution in [1.82, 2.24) is 14.7 Å². The molecule has 0 aliphatic rings. The number of amides is 2. The van der Waals surface area contributed by atoms with Crippen LogP contribution in [-0.4, -0.2) is 39.6 Å². The second kappa shape index (κ2) is 12.7. The maximum absolute atomic E-state index is 13.5. The Hall–Kier alpha value is -4.68. The molecule has 5 rings (SSSR count). The van der Waals surface area contributed by atoms with Gasteiger partial charge in [-0.3, -0.25) is 9.59 Å². The number of hydrogen-bond acceptors (Lipinski definition) is 3. The lowest BCUT2D eigenvalue weighted by molar-refractivity contribution is -0.117. The van der Waals surface area contributed by atoms with Crippen LogP contribution in [0.4, 0.5) is 5.82 Å². The highest BCUT2D eigenvalue weighted by Crippen LogP contribution is 2.28. The third-order valence-corrected chi connectivity index (χ3v) is 6.89. The van der Waals surface area contributed by atoms with Crippen LogP contribution in [0.1, 0.15) is 24.2 Å². The molecular formula is C34H31ClN4O2. The molecule has 4 aromatic carbocycles. The Bertz CT molecular complexity index is 1630. The molecule has 0 saturated carbocycles. The fraction of sp³-hybridized carbons (Fsp3) is 0.147. The molecule has 0 spiro atoms. The van der Waals surface area contributed by atoms with E-state index in [1.54, 1.807) is 15.6 Å². The molecule has 0 aliphatic carbocycles. The number of halogens is 1. The molecule has 0 fully saturated rings. The summed E-state index contributed by atoms with van der Waals surface area (Å²) in [6.45, 7) is 4.38. The minimum Gasteiger partial charge on any atom is -0.329 e. The second-order valence-corrected chi connectivity index (χ2v) is 10.6. The van der Waals surface area contributed by atoms with Crippen molar-refractivity contribution >= 4 is 29.2 Å². The second-order valence-electron chi connectivity index (χ2n) is 10.2. The average Bonchev–Trinajstić information content (AvgIpc) is 3.40. The van der Waals surface area contributed by atoms with E-state index in [0.29, 0.717) is 34.3 Å². The van der Waals surface area contributed by atoms with Gasteiger partial charge in [0.25, 0.3) is 5.91 Å². The van der Waals surface area contributed by atoms with E-state index in [1.165, 1.54) is 0 Å². The third kappa shape index (κ3) is 6.73. The molecule has 206 valence electrons. The van der Waals surface area contributed by atoms with Crippen LogP contribution < -0.4 is 5.32 Å². The molecule has 6 nitrogen and oxygen atoms in total. The molecule has 2 amide bonds. The van der Waals surface area contributed by atoms with Crippen LogP contribution in [0.3, 0.4) is 0 Å². The summed E-state index contributed by atoms with van der Waals surface area (Å²) in [4.78, 5) is 28.6. The molecule has 0 bridgehead atoms. The first-order valence-electron chi connectivity index (χ1n) is 13.5. The Morgan fingerprint density at radius 3 is 2.02 bits per heavy atom. The van der Waals surface area contributed by atoms with Gasteiger partial charge in [-0.25, -0.2) is 4.68 Å². The van der Waals surface area contributed by atoms with Crippen LogP contribution in [0.25, 0.3) is 28.1 Å². The van der Waals surface area contributed by atoms with Gasteiger partial charge in [0, 0.05) is 23.7 Å². The van der Waals surface area contributed by atoms with Gasteiger partial charge in [-0.1, -0.05) is 110 Å². The number of nitrogens with zero attached hydrogens (tertiary/aromatic N) is 3. The first-order chi connectivity index (χ1) is 19.9. The predicted molar refractivity (Wildman–Crippen MR) is 165 cm³/mol. The molecule has 41 heavy (non-hydrogen) atoms. The summed E-state index contributed by atoms with van der Waals surface area (Å²) in [5.41, 5.74) is 4.87. The molecular weight excluding hydrogens is 532 g/mol. The molecule has 0 radical (unpaired) electrons. The quantitative estimate of drug-likeness (QED) is 0.201. The van der Waals surface area contributed by atoms with E-state index < -0.39 is 0 Å². The van der Waals surface area contributed by atoms with Crippen molar-refractivity contribution in [2.24, 2.45) is 5.92 Å². The molecule has 1 heterocycles. The normalized spacial score (nSPS) is 10.9. The predicted octanol–water partition coefficient (Wildman–Crippen LogP) is 7.60. The van der Waals surface area contributed by atoms with Gasteiger partial charge < -0.3 is 10.2 Å². The van der Waals surface area contributed by atoms with Crippen molar-refractivity contribution in [3.8, 4) is 28.1 Å². The van der Waals surface area contributed by atoms with Crippen molar-refractivity contribution < 1.29 is 9.59 Å². The van der Waals surface area contributed by atoms with Crippen LogP contribution in [-0.2, 0) is 4.79 Å². The molecule has 1 N–H and O–H groups in total. The van der Waals surface area contributed by atoms with Crippen LogP contribution >= 0.6 is 11.6 Å². The van der Waals surface area contributed by atoms with Crippen molar-refractivity contribution in [3.05, 3.63) is 126 Å². The lowest BCUT2D eigenvalue weighted by Gasteiger charge is -2.24. The number of para-hydroxylation sites is 1. The highest BCUT2D eigenvalue weighted by atomic mass is 35.5. The minimum absolute atomic E-state index is 0.105. The van der Waals surface area contributed by atoms with Gasteiger partial charge in [-0.2, -0.15) is 5.10 Å². The van der Waals surface area contributed by atoms with Gasteiger partial charge in [0.15, 0.2) is 0 Å². The Morgan fingerprint density at radius 1 is 0.805 bits per heavy atom. The molecule has 5 aromatic rings. The lowest BCUT2D eigenvalue weighted by Crippen LogP contribution is -2.40. The van der Waals surface area contributed by atoms with Crippen LogP contribution in [0, 0.1) is 5.92 Å². The van der Waals surface area contributed by atoms with Crippen molar-refractivity contribution in [2.75, 3.05) is 18.4 Å². The van der Waals surface area contributed by atoms with Gasteiger partial charge in [-0.05, 0) is 41.3 Å². The van der Waals surface area contributed by atoms with Crippen molar-refractivity contribution in [1.29, 1.82) is 0 Å². The monoisotopic (exact) mass is 562 g/mol. The van der Waals surface area contributed by atoms with E-state index in [2.05, 4.69) is 5.32 Å². The smallest absolute Gasteiger partial charge is 0.254 e. The fourth-order valence-corrected chi connectivity index (χ4v) is 4.88. The van der Waals surface area contributed by atoms with Gasteiger partial charge >= 0.3 is 0 Å². The summed E-state index contributed by atoms with van der Waals surface area (Å²) in [5.74, 6) is 0.116. The molecule has 0 unspecified atom stereocenters. The zero-order valence-corrected chi connectivity index (χ0v) is 23.8. The van der Waals surface area contributed by atoms with Gasteiger partial charge in [0.2, 0.25) is 5.91 Å². The highest BCUT2D eigenvalue weighted by molar-refractivity contribution is 6.32. The summed E-state index contributed by atoms with van der Waals surface area (Å²) >= 11 is 6.50. The van der Waals surface area contributed by atoms with Gasteiger partial charge in [0.05, 0.1) is 16.4 Å². The van der Waals surface area contributed by atoms with Gasteiger partial charge in [-0.15, -0.1) is 0 Å². The first-order valence-corrected chi connectivity index (χ1v) is 13.9. The standard InChI is InChI=1S/C34H31ClN4O2/c1-24(2)22-38(34(41)28-19-17-26(18-20-28)25-11-5-3-6-12-25)23-33(40)36-32-21-30(27-13-7-4-8-14-27)37-39(32)31-16-10-9-15-29(31)35/h3-21,24H,22-23H2,1-2H3,(H,36,40). The molecule has 0 aliphatic heterocycles. The third-order valence-electron chi connectivity index (χ3n) is 6.57. The minimum atomic E-state index is -0.326. The van der Waals surface area contributed by atoms with E-state index in [1.807, 2.05) is 123 Å². The van der Waals surface area contributed by atoms with E-state index in [0.717, 1.165) is 16.7 Å². The van der Waals surface area contributed by atoms with E-state index in [4.69, 9.17) is 16.7 Å². The van der Waals surface area contributed by atoms with E-state index in [9.17, 15) is 9.59 Å². The summed E-state index contributed by atoms with van der Waals surface area (Å²) in [6, 6.07) is 36.3. The van der Waals surface area contributed by atoms with E-state index >= 15 is 0 Å². The van der Waals surface area contributed by atoms with Crippen LogP contribution in [0.5, 0.6) is 0 Å². The molecule has 0 atom stereocenters. The Kier molecular flexibility index (Phi) is 8.61. The number of anilines is 1. The van der Waals surface area contributed by atoms with Crippen LogP contribution in [0.2, 0.25) is 5.02 Å². The van der Waals surface area contributed by atoms with Crippen LogP contribution in [0.15, 0.2) is 115 Å². The topological polar surface area (TPSA) is 67.2 Å². The number of rotatable bonds is 9. The highest BCUT2D eigenvalue weighted by Gasteiger charge is 2.22. The number of hydrogen-bond donors (Lipinski definition) is 1. The zero-order valence-electron chi connectivity index (χ0n) is 23.0. The Morgan fingerprint density at radius 2 is 1.39 bits per heavy atom. The lowest BCUT2D eigenvalue weighted by atomic mass is 10.0. The van der Waals surface area contributed by atoms with Crippen molar-refractivity contribution in [2.45, 2.75) is 13.8 Å². The largest absolute Gasteiger partial charge is 0.329 e. The Balaban J connectivity index is 1.38. The molecule has 0 saturated heterocycles. The summed E-state index contributed by atoms with van der Waals surface area (Å²) < 4.78 is 1.62. The SMILES string of the molecule is CC(C)CN(CC(=O)Nc1cc(-c2ccccc2)nn1-c1ccccc1Cl)C(=O)c1ccc(-c2ccccc2)cc1. The van der Waals surface area contributed by atoms with Crippen molar-refractivity contribution in [3.63, 3.8) is 0 Å². The van der Waals surface area contributed by atoms with Gasteiger partial charge in [0.1, 0.15) is 12.4 Å². The summed E-state index contributed by atoms with van der Waals surface area (Å²) in [5, 5.41) is 8.22. The fourth-order valence-electron chi connectivity index (χ4n) is 4.66. The number of nitrogens with one attached hydrogen (secondary N) is 1. The summed E-state index contributed by atoms with van der Waals surface area (Å²) in [7, 11) is 0. The molecule has 1 aromatic heterocycles. The number of aromatic nitrogens is 2. The first kappa shape index (κ1) is 27.9. The number of benzene rings is 4. The Labute approximate surface area is 245 Å². The maximum atomic E-state index is 13.5. The maximum Gasteiger partial charge on any atom is 0.254 e. The van der Waals surface area contributed by atoms with E-state index in [-0.39, 0.29) is 24.3 Å². The summed E-state index contributed by atoms with van der Waals surface area (Å²) in [6.07, 6.45) is 0.